The second kappa shape index (κ2) is 7.79. The molecule has 0 aliphatic carbocycles. The van der Waals surface area contributed by atoms with Crippen molar-refractivity contribution in [1.29, 1.82) is 0 Å². The summed E-state index contributed by atoms with van der Waals surface area (Å²) < 4.78 is 0. The lowest BCUT2D eigenvalue weighted by Gasteiger charge is -2.19. The topological polar surface area (TPSA) is 74.3 Å². The van der Waals surface area contributed by atoms with Gasteiger partial charge in [-0.3, -0.25) is 9.59 Å². The van der Waals surface area contributed by atoms with Gasteiger partial charge in [-0.15, -0.1) is 0 Å². The van der Waals surface area contributed by atoms with Crippen LogP contribution in [0.1, 0.15) is 39.1 Å². The van der Waals surface area contributed by atoms with E-state index in [0.717, 1.165) is 37.3 Å². The Morgan fingerprint density at radius 2 is 1.80 bits per heavy atom. The number of hydrogen-bond donors (Lipinski definition) is 2. The highest BCUT2D eigenvalue weighted by atomic mass is 16.2. The van der Waals surface area contributed by atoms with E-state index in [1.165, 1.54) is 0 Å². The smallest absolute Gasteiger partial charge is 0.255 e. The molecule has 0 atom stereocenters. The van der Waals surface area contributed by atoms with Crippen molar-refractivity contribution in [3.63, 3.8) is 0 Å². The number of carbonyl (C=O) groups excluding carboxylic acids is 2. The average Bonchev–Trinajstić information content (AvgIpc) is 3.20. The molecular weight excluding hydrogens is 316 g/mol. The third kappa shape index (κ3) is 3.96. The van der Waals surface area contributed by atoms with Crippen LogP contribution in [-0.2, 0) is 6.54 Å². The molecule has 2 N–H and O–H groups in total. The maximum atomic E-state index is 12.6. The molecule has 25 heavy (non-hydrogen) atoms. The number of carbonyl (C=O) groups is 2. The van der Waals surface area contributed by atoms with Crippen molar-refractivity contribution in [2.75, 3.05) is 25.0 Å². The number of benzene rings is 1. The third-order valence-electron chi connectivity index (χ3n) is 4.33. The lowest BCUT2D eigenvalue weighted by Crippen LogP contribution is -2.28. The van der Waals surface area contributed by atoms with E-state index in [0.29, 0.717) is 17.7 Å². The first-order chi connectivity index (χ1) is 12.2. The monoisotopic (exact) mass is 338 g/mol. The standard InChI is InChI=1S/C19H22N4O2/c1-20-18(24)15-8-6-14(7-9-15)13-22-19(25)16-5-4-10-21-17(16)23-11-2-3-12-23/h4-10H,2-3,11-13H2,1H3,(H,20,24)(H,22,25). The summed E-state index contributed by atoms with van der Waals surface area (Å²) in [5.41, 5.74) is 2.14. The van der Waals surface area contributed by atoms with Crippen molar-refractivity contribution in [2.24, 2.45) is 0 Å². The van der Waals surface area contributed by atoms with Crippen LogP contribution in [0.3, 0.4) is 0 Å². The Hall–Kier alpha value is -2.89. The maximum absolute atomic E-state index is 12.6. The molecule has 1 aliphatic rings. The van der Waals surface area contributed by atoms with Crippen LogP contribution in [0.25, 0.3) is 0 Å². The largest absolute Gasteiger partial charge is 0.356 e. The van der Waals surface area contributed by atoms with Crippen molar-refractivity contribution >= 4 is 17.6 Å². The number of anilines is 1. The second-order valence-corrected chi connectivity index (χ2v) is 6.03. The first-order valence-corrected chi connectivity index (χ1v) is 8.48. The molecule has 1 fully saturated rings. The summed E-state index contributed by atoms with van der Waals surface area (Å²) in [6, 6.07) is 10.8. The van der Waals surface area contributed by atoms with Crippen LogP contribution in [0.2, 0.25) is 0 Å². The Bertz CT molecular complexity index is 752. The fourth-order valence-electron chi connectivity index (χ4n) is 2.95. The van der Waals surface area contributed by atoms with E-state index in [1.54, 1.807) is 31.4 Å². The molecule has 1 aromatic heterocycles. The average molecular weight is 338 g/mol. The van der Waals surface area contributed by atoms with Crippen LogP contribution in [0.15, 0.2) is 42.6 Å². The van der Waals surface area contributed by atoms with Crippen molar-refractivity contribution in [3.05, 3.63) is 59.3 Å². The number of rotatable bonds is 5. The van der Waals surface area contributed by atoms with E-state index < -0.39 is 0 Å². The van der Waals surface area contributed by atoms with Gasteiger partial charge in [0, 0.05) is 38.4 Å². The number of nitrogens with one attached hydrogen (secondary N) is 2. The molecule has 1 saturated heterocycles. The predicted octanol–water partition coefficient (Wildman–Crippen LogP) is 1.97. The first kappa shape index (κ1) is 17.0. The minimum atomic E-state index is -0.134. The highest BCUT2D eigenvalue weighted by Crippen LogP contribution is 2.21. The molecule has 1 aromatic carbocycles. The highest BCUT2D eigenvalue weighted by Gasteiger charge is 2.20. The second-order valence-electron chi connectivity index (χ2n) is 6.03. The molecule has 2 amide bonds. The van der Waals surface area contributed by atoms with E-state index in [9.17, 15) is 9.59 Å². The summed E-state index contributed by atoms with van der Waals surface area (Å²) >= 11 is 0. The highest BCUT2D eigenvalue weighted by molar-refractivity contribution is 5.99. The summed E-state index contributed by atoms with van der Waals surface area (Å²) in [5, 5.41) is 5.52. The van der Waals surface area contributed by atoms with Gasteiger partial charge in [-0.05, 0) is 42.7 Å². The van der Waals surface area contributed by atoms with Gasteiger partial charge in [-0.25, -0.2) is 4.98 Å². The van der Waals surface area contributed by atoms with Crippen LogP contribution in [0, 0.1) is 0 Å². The molecule has 0 radical (unpaired) electrons. The van der Waals surface area contributed by atoms with E-state index in [1.807, 2.05) is 18.2 Å². The number of amides is 2. The molecular formula is C19H22N4O2. The van der Waals surface area contributed by atoms with Gasteiger partial charge in [0.1, 0.15) is 5.82 Å². The number of aromatic nitrogens is 1. The van der Waals surface area contributed by atoms with E-state index in [-0.39, 0.29) is 11.8 Å². The van der Waals surface area contributed by atoms with Crippen LogP contribution < -0.4 is 15.5 Å². The number of pyridine rings is 1. The van der Waals surface area contributed by atoms with Gasteiger partial charge in [0.25, 0.3) is 11.8 Å². The first-order valence-electron chi connectivity index (χ1n) is 8.48. The quantitative estimate of drug-likeness (QED) is 0.874. The minimum absolute atomic E-state index is 0.124. The summed E-state index contributed by atoms with van der Waals surface area (Å²) in [4.78, 5) is 30.7. The van der Waals surface area contributed by atoms with Crippen LogP contribution in [-0.4, -0.2) is 36.9 Å². The molecule has 2 heterocycles. The van der Waals surface area contributed by atoms with Crippen LogP contribution in [0.5, 0.6) is 0 Å². The predicted molar refractivity (Wildman–Crippen MR) is 96.7 cm³/mol. The summed E-state index contributed by atoms with van der Waals surface area (Å²) in [6.45, 7) is 2.29. The summed E-state index contributed by atoms with van der Waals surface area (Å²) in [5.74, 6) is 0.499. The zero-order valence-electron chi connectivity index (χ0n) is 14.3. The molecule has 1 aliphatic heterocycles. The van der Waals surface area contributed by atoms with Crippen molar-refractivity contribution in [1.82, 2.24) is 15.6 Å². The van der Waals surface area contributed by atoms with Gasteiger partial charge in [-0.1, -0.05) is 12.1 Å². The zero-order chi connectivity index (χ0) is 17.6. The fraction of sp³-hybridized carbons (Fsp3) is 0.316. The molecule has 6 nitrogen and oxygen atoms in total. The molecule has 0 bridgehead atoms. The van der Waals surface area contributed by atoms with Crippen LogP contribution >= 0.6 is 0 Å². The number of hydrogen-bond acceptors (Lipinski definition) is 4. The fourth-order valence-corrected chi connectivity index (χ4v) is 2.95. The van der Waals surface area contributed by atoms with Gasteiger partial charge in [0.05, 0.1) is 5.56 Å². The SMILES string of the molecule is CNC(=O)c1ccc(CNC(=O)c2cccnc2N2CCCC2)cc1. The number of nitrogens with zero attached hydrogens (tertiary/aromatic N) is 2. The molecule has 0 unspecified atom stereocenters. The normalized spacial score (nSPS) is 13.6. The van der Waals surface area contributed by atoms with E-state index in [4.69, 9.17) is 0 Å². The molecule has 0 spiro atoms. The Kier molecular flexibility index (Phi) is 5.28. The Labute approximate surface area is 147 Å². The van der Waals surface area contributed by atoms with Gasteiger partial charge >= 0.3 is 0 Å². The van der Waals surface area contributed by atoms with Gasteiger partial charge in [0.2, 0.25) is 0 Å². The summed E-state index contributed by atoms with van der Waals surface area (Å²) in [6.07, 6.45) is 3.99. The van der Waals surface area contributed by atoms with Crippen molar-refractivity contribution < 1.29 is 9.59 Å². The van der Waals surface area contributed by atoms with Gasteiger partial charge < -0.3 is 15.5 Å². The van der Waals surface area contributed by atoms with Gasteiger partial charge in [-0.2, -0.15) is 0 Å². The minimum Gasteiger partial charge on any atom is -0.356 e. The van der Waals surface area contributed by atoms with Crippen molar-refractivity contribution in [2.45, 2.75) is 19.4 Å². The molecule has 3 rings (SSSR count). The van der Waals surface area contributed by atoms with Gasteiger partial charge in [0.15, 0.2) is 0 Å². The zero-order valence-corrected chi connectivity index (χ0v) is 14.3. The van der Waals surface area contributed by atoms with E-state index >= 15 is 0 Å². The summed E-state index contributed by atoms with van der Waals surface area (Å²) in [7, 11) is 1.60. The molecule has 130 valence electrons. The Morgan fingerprint density at radius 3 is 2.48 bits per heavy atom. The third-order valence-corrected chi connectivity index (χ3v) is 4.33. The Balaban J connectivity index is 1.66. The van der Waals surface area contributed by atoms with Crippen molar-refractivity contribution in [3.8, 4) is 0 Å². The van der Waals surface area contributed by atoms with E-state index in [2.05, 4.69) is 20.5 Å². The Morgan fingerprint density at radius 1 is 1.08 bits per heavy atom. The lowest BCUT2D eigenvalue weighted by molar-refractivity contribution is 0.0946. The molecule has 2 aromatic rings. The van der Waals surface area contributed by atoms with Crippen LogP contribution in [0.4, 0.5) is 5.82 Å². The maximum Gasteiger partial charge on any atom is 0.255 e. The molecule has 6 heteroatoms. The molecule has 0 saturated carbocycles. The lowest BCUT2D eigenvalue weighted by atomic mass is 10.1.